The molecule has 3 amide bonds. The van der Waals surface area contributed by atoms with E-state index < -0.39 is 5.54 Å². The first-order chi connectivity index (χ1) is 13.1. The summed E-state index contributed by atoms with van der Waals surface area (Å²) in [6.07, 6.45) is 7.83. The number of piperidine rings is 1. The van der Waals surface area contributed by atoms with E-state index in [4.69, 9.17) is 0 Å². The summed E-state index contributed by atoms with van der Waals surface area (Å²) in [5.41, 5.74) is 0.674. The maximum Gasteiger partial charge on any atom is 0.315 e. The molecule has 1 aliphatic heterocycles. The number of carbonyl (C=O) groups excluding carboxylic acids is 2. The van der Waals surface area contributed by atoms with E-state index >= 15 is 0 Å². The van der Waals surface area contributed by atoms with Gasteiger partial charge >= 0.3 is 6.03 Å². The summed E-state index contributed by atoms with van der Waals surface area (Å²) in [4.78, 5) is 27.5. The highest BCUT2D eigenvalue weighted by Crippen LogP contribution is 2.32. The molecule has 2 N–H and O–H groups in total. The monoisotopic (exact) mass is 371 g/mol. The molecule has 0 spiro atoms. The molecule has 2 aliphatic rings. The molecule has 0 bridgehead atoms. The molecule has 0 atom stereocenters. The van der Waals surface area contributed by atoms with Crippen LogP contribution in [0, 0.1) is 5.92 Å². The third-order valence-corrected chi connectivity index (χ3v) is 6.08. The number of benzene rings is 1. The Kier molecular flexibility index (Phi) is 6.75. The minimum atomic E-state index is -0.705. The van der Waals surface area contributed by atoms with Gasteiger partial charge in [-0.2, -0.15) is 0 Å². The molecule has 1 aliphatic carbocycles. The molecule has 0 aromatic heterocycles. The maximum absolute atomic E-state index is 13.4. The van der Waals surface area contributed by atoms with Crippen molar-refractivity contribution in [2.45, 2.75) is 63.8 Å². The van der Waals surface area contributed by atoms with Gasteiger partial charge in [0.05, 0.1) is 0 Å². The Hall–Kier alpha value is -2.04. The summed E-state index contributed by atoms with van der Waals surface area (Å²) < 4.78 is 0. The van der Waals surface area contributed by atoms with Crippen LogP contribution in [-0.2, 0) is 11.2 Å². The van der Waals surface area contributed by atoms with E-state index in [1.165, 1.54) is 5.56 Å². The molecule has 1 saturated heterocycles. The largest absolute Gasteiger partial charge is 0.341 e. The van der Waals surface area contributed by atoms with Crippen molar-refractivity contribution in [3.05, 3.63) is 35.9 Å². The lowest BCUT2D eigenvalue weighted by molar-refractivity contribution is -0.140. The molecule has 1 aromatic carbocycles. The van der Waals surface area contributed by atoms with E-state index in [0.717, 1.165) is 64.5 Å². The number of nitrogens with zero attached hydrogens (tertiary/aromatic N) is 1. The fraction of sp³-hybridized carbons (Fsp3) is 0.636. The predicted molar refractivity (Wildman–Crippen MR) is 107 cm³/mol. The van der Waals surface area contributed by atoms with Crippen LogP contribution in [0.15, 0.2) is 30.3 Å². The third-order valence-electron chi connectivity index (χ3n) is 6.08. The van der Waals surface area contributed by atoms with E-state index in [9.17, 15) is 9.59 Å². The Balaban J connectivity index is 1.59. The van der Waals surface area contributed by atoms with Crippen molar-refractivity contribution in [3.63, 3.8) is 0 Å². The first-order valence-electron chi connectivity index (χ1n) is 10.5. The van der Waals surface area contributed by atoms with Crippen molar-refractivity contribution in [3.8, 4) is 0 Å². The van der Waals surface area contributed by atoms with E-state index in [-0.39, 0.29) is 11.9 Å². The quantitative estimate of drug-likeness (QED) is 0.832. The minimum Gasteiger partial charge on any atom is -0.341 e. The van der Waals surface area contributed by atoms with Gasteiger partial charge in [-0.15, -0.1) is 0 Å². The van der Waals surface area contributed by atoms with Crippen molar-refractivity contribution in [1.29, 1.82) is 0 Å². The lowest BCUT2D eigenvalue weighted by atomic mass is 9.79. The van der Waals surface area contributed by atoms with Crippen LogP contribution >= 0.6 is 0 Å². The zero-order valence-corrected chi connectivity index (χ0v) is 16.5. The zero-order chi connectivity index (χ0) is 19.1. The first kappa shape index (κ1) is 19.7. The van der Waals surface area contributed by atoms with Gasteiger partial charge in [0.15, 0.2) is 0 Å². The van der Waals surface area contributed by atoms with Crippen LogP contribution in [0.1, 0.15) is 57.4 Å². The third kappa shape index (κ3) is 5.02. The predicted octanol–water partition coefficient (Wildman–Crippen LogP) is 3.49. The number of amides is 3. The SMILES string of the molecule is CCNC(=O)NC1(C(=O)N2CCC(Cc3ccccc3)CC2)CCCCC1. The highest BCUT2D eigenvalue weighted by atomic mass is 16.2. The molecule has 1 saturated carbocycles. The van der Waals surface area contributed by atoms with Crippen LogP contribution in [0.25, 0.3) is 0 Å². The Bertz CT molecular complexity index is 618. The second-order valence-corrected chi connectivity index (χ2v) is 8.05. The molecule has 27 heavy (non-hydrogen) atoms. The second kappa shape index (κ2) is 9.25. The first-order valence-corrected chi connectivity index (χ1v) is 10.5. The molecule has 1 heterocycles. The van der Waals surface area contributed by atoms with Crippen molar-refractivity contribution in [1.82, 2.24) is 15.5 Å². The number of hydrogen-bond acceptors (Lipinski definition) is 2. The average molecular weight is 372 g/mol. The van der Waals surface area contributed by atoms with Gasteiger partial charge in [0.2, 0.25) is 5.91 Å². The molecule has 0 radical (unpaired) electrons. The summed E-state index contributed by atoms with van der Waals surface area (Å²) >= 11 is 0. The van der Waals surface area contributed by atoms with Crippen LogP contribution < -0.4 is 10.6 Å². The van der Waals surface area contributed by atoms with Crippen LogP contribution in [0.4, 0.5) is 4.79 Å². The summed E-state index contributed by atoms with van der Waals surface area (Å²) in [6, 6.07) is 10.4. The van der Waals surface area contributed by atoms with Gasteiger partial charge < -0.3 is 15.5 Å². The number of rotatable bonds is 5. The van der Waals surface area contributed by atoms with Crippen LogP contribution in [0.5, 0.6) is 0 Å². The van der Waals surface area contributed by atoms with Crippen molar-refractivity contribution in [2.24, 2.45) is 5.92 Å². The van der Waals surface area contributed by atoms with Gasteiger partial charge in [-0.1, -0.05) is 49.6 Å². The molecule has 2 fully saturated rings. The van der Waals surface area contributed by atoms with E-state index in [0.29, 0.717) is 12.5 Å². The Morgan fingerprint density at radius 2 is 1.74 bits per heavy atom. The summed E-state index contributed by atoms with van der Waals surface area (Å²) in [5, 5.41) is 5.83. The molecule has 148 valence electrons. The van der Waals surface area contributed by atoms with Crippen molar-refractivity contribution < 1.29 is 9.59 Å². The van der Waals surface area contributed by atoms with Crippen LogP contribution in [-0.4, -0.2) is 42.0 Å². The normalized spacial score (nSPS) is 20.1. The topological polar surface area (TPSA) is 61.4 Å². The zero-order valence-electron chi connectivity index (χ0n) is 16.5. The number of likely N-dealkylation sites (tertiary alicyclic amines) is 1. The minimum absolute atomic E-state index is 0.131. The molecule has 3 rings (SSSR count). The van der Waals surface area contributed by atoms with Crippen molar-refractivity contribution in [2.75, 3.05) is 19.6 Å². The number of hydrogen-bond donors (Lipinski definition) is 2. The van der Waals surface area contributed by atoms with Gasteiger partial charge in [0, 0.05) is 19.6 Å². The number of carbonyl (C=O) groups is 2. The van der Waals surface area contributed by atoms with Gasteiger partial charge in [-0.25, -0.2) is 4.79 Å². The molecule has 5 nitrogen and oxygen atoms in total. The second-order valence-electron chi connectivity index (χ2n) is 8.05. The number of urea groups is 1. The maximum atomic E-state index is 13.4. The van der Waals surface area contributed by atoms with Crippen LogP contribution in [0.2, 0.25) is 0 Å². The highest BCUT2D eigenvalue weighted by Gasteiger charge is 2.43. The molecule has 1 aromatic rings. The molecule has 5 heteroatoms. The Morgan fingerprint density at radius 1 is 1.07 bits per heavy atom. The smallest absolute Gasteiger partial charge is 0.315 e. The number of nitrogens with one attached hydrogen (secondary N) is 2. The fourth-order valence-electron chi connectivity index (χ4n) is 4.56. The Labute approximate surface area is 162 Å². The highest BCUT2D eigenvalue weighted by molar-refractivity contribution is 5.91. The van der Waals surface area contributed by atoms with Crippen LogP contribution in [0.3, 0.4) is 0 Å². The van der Waals surface area contributed by atoms with Crippen molar-refractivity contribution >= 4 is 11.9 Å². The van der Waals surface area contributed by atoms with Gasteiger partial charge in [-0.05, 0) is 50.5 Å². The van der Waals surface area contributed by atoms with Gasteiger partial charge in [0.1, 0.15) is 5.54 Å². The Morgan fingerprint density at radius 3 is 2.37 bits per heavy atom. The molecule has 0 unspecified atom stereocenters. The van der Waals surface area contributed by atoms with Gasteiger partial charge in [0.25, 0.3) is 0 Å². The van der Waals surface area contributed by atoms with Gasteiger partial charge in [-0.3, -0.25) is 4.79 Å². The standard InChI is InChI=1S/C22H33N3O2/c1-2-23-21(27)24-22(13-7-4-8-14-22)20(26)25-15-11-19(12-16-25)17-18-9-5-3-6-10-18/h3,5-6,9-10,19H,2,4,7-8,11-17H2,1H3,(H2,23,24,27). The van der Waals surface area contributed by atoms with E-state index in [1.54, 1.807) is 0 Å². The average Bonchev–Trinajstić information content (AvgIpc) is 2.70. The summed E-state index contributed by atoms with van der Waals surface area (Å²) in [6.45, 7) is 4.07. The molecular formula is C22H33N3O2. The summed E-state index contributed by atoms with van der Waals surface area (Å²) in [7, 11) is 0. The lowest BCUT2D eigenvalue weighted by Gasteiger charge is -2.42. The molecular weight excluding hydrogens is 338 g/mol. The lowest BCUT2D eigenvalue weighted by Crippen LogP contribution is -2.63. The fourth-order valence-corrected chi connectivity index (χ4v) is 4.56. The van der Waals surface area contributed by atoms with E-state index in [1.807, 2.05) is 11.8 Å². The van der Waals surface area contributed by atoms with E-state index in [2.05, 4.69) is 41.0 Å². The summed E-state index contributed by atoms with van der Waals surface area (Å²) in [5.74, 6) is 0.765.